The quantitative estimate of drug-likeness (QED) is 0.251. The van der Waals surface area contributed by atoms with Crippen LogP contribution in [-0.2, 0) is 6.54 Å². The molecule has 0 unspecified atom stereocenters. The fourth-order valence-corrected chi connectivity index (χ4v) is 5.14. The Bertz CT molecular complexity index is 1350. The van der Waals surface area contributed by atoms with Crippen molar-refractivity contribution in [3.63, 3.8) is 0 Å². The summed E-state index contributed by atoms with van der Waals surface area (Å²) >= 11 is 1.73. The summed E-state index contributed by atoms with van der Waals surface area (Å²) in [6, 6.07) is 21.0. The van der Waals surface area contributed by atoms with E-state index in [0.717, 1.165) is 38.2 Å². The number of nitrogens with zero attached hydrogens (tertiary/aromatic N) is 2. The molecule has 0 aliphatic carbocycles. The van der Waals surface area contributed by atoms with Gasteiger partial charge in [-0.25, -0.2) is 0 Å². The molecule has 33 heavy (non-hydrogen) atoms. The minimum absolute atomic E-state index is 0.0856. The zero-order valence-corrected chi connectivity index (χ0v) is 19.0. The van der Waals surface area contributed by atoms with Crippen molar-refractivity contribution in [3.8, 4) is 10.4 Å². The number of aromatic amines is 1. The van der Waals surface area contributed by atoms with Gasteiger partial charge in [-0.3, -0.25) is 9.88 Å². The van der Waals surface area contributed by atoms with Crippen molar-refractivity contribution in [1.29, 1.82) is 0 Å². The summed E-state index contributed by atoms with van der Waals surface area (Å²) in [6.07, 6.45) is 3.79. The van der Waals surface area contributed by atoms with Crippen LogP contribution in [0.1, 0.15) is 5.56 Å². The van der Waals surface area contributed by atoms with Gasteiger partial charge in [0.25, 0.3) is 0 Å². The van der Waals surface area contributed by atoms with Gasteiger partial charge >= 0.3 is 0 Å². The van der Waals surface area contributed by atoms with E-state index in [1.165, 1.54) is 10.3 Å². The molecule has 3 heterocycles. The molecule has 5 aromatic rings. The second kappa shape index (κ2) is 9.72. The zero-order chi connectivity index (χ0) is 22.6. The highest BCUT2D eigenvalue weighted by Crippen LogP contribution is 2.37. The smallest absolute Gasteiger partial charge is 0.0837 e. The zero-order valence-electron chi connectivity index (χ0n) is 18.2. The Labute approximate surface area is 196 Å². The first-order chi connectivity index (χ1) is 16.2. The molecule has 6 nitrogen and oxygen atoms in total. The average molecular weight is 459 g/mol. The van der Waals surface area contributed by atoms with Crippen molar-refractivity contribution in [2.24, 2.45) is 0 Å². The Morgan fingerprint density at radius 1 is 0.939 bits per heavy atom. The Hall–Kier alpha value is -3.23. The molecule has 0 bridgehead atoms. The number of fused-ring (bicyclic) bond motifs is 2. The largest absolute Gasteiger partial charge is 0.395 e. The first kappa shape index (κ1) is 21.6. The van der Waals surface area contributed by atoms with Crippen molar-refractivity contribution in [2.45, 2.75) is 6.54 Å². The van der Waals surface area contributed by atoms with Crippen LogP contribution in [0.25, 0.3) is 31.6 Å². The summed E-state index contributed by atoms with van der Waals surface area (Å²) in [5.74, 6) is 0. The van der Waals surface area contributed by atoms with E-state index in [9.17, 15) is 10.2 Å². The lowest BCUT2D eigenvalue weighted by atomic mass is 10.1. The van der Waals surface area contributed by atoms with Gasteiger partial charge in [0.1, 0.15) is 0 Å². The molecule has 7 heteroatoms. The standard InChI is InChI=1S/C26H26N4O2S/c31-13-11-30(12-14-32)17-18-1-3-19(4-2-18)25-16-24-26(33-25)23(8-10-28-24)29-21-5-6-22-20(15-21)7-9-27-22/h1-10,15-16,27,31-32H,11-14,17H2,(H,28,29). The van der Waals surface area contributed by atoms with Gasteiger partial charge in [-0.15, -0.1) is 11.3 Å². The van der Waals surface area contributed by atoms with Crippen LogP contribution in [0.3, 0.4) is 0 Å². The third-order valence-corrected chi connectivity index (χ3v) is 6.93. The fourth-order valence-electron chi connectivity index (χ4n) is 4.05. The van der Waals surface area contributed by atoms with Crippen LogP contribution in [0.4, 0.5) is 11.4 Å². The maximum absolute atomic E-state index is 9.22. The normalized spacial score (nSPS) is 11.6. The molecule has 0 aliphatic rings. The van der Waals surface area contributed by atoms with Crippen LogP contribution in [0, 0.1) is 0 Å². The minimum atomic E-state index is 0.0856. The lowest BCUT2D eigenvalue weighted by Gasteiger charge is -2.20. The number of aromatic nitrogens is 2. The molecule has 4 N–H and O–H groups in total. The van der Waals surface area contributed by atoms with E-state index in [1.807, 2.05) is 23.4 Å². The summed E-state index contributed by atoms with van der Waals surface area (Å²) < 4.78 is 1.13. The highest BCUT2D eigenvalue weighted by molar-refractivity contribution is 7.22. The lowest BCUT2D eigenvalue weighted by molar-refractivity contribution is 0.156. The molecule has 0 atom stereocenters. The third-order valence-electron chi connectivity index (χ3n) is 5.72. The van der Waals surface area contributed by atoms with E-state index in [4.69, 9.17) is 0 Å². The van der Waals surface area contributed by atoms with E-state index in [2.05, 4.69) is 69.9 Å². The molecule has 3 aromatic heterocycles. The Balaban J connectivity index is 1.38. The van der Waals surface area contributed by atoms with Gasteiger partial charge in [0.15, 0.2) is 0 Å². The molecule has 0 amide bonds. The lowest BCUT2D eigenvalue weighted by Crippen LogP contribution is -2.29. The van der Waals surface area contributed by atoms with E-state index in [-0.39, 0.29) is 13.2 Å². The van der Waals surface area contributed by atoms with E-state index < -0.39 is 0 Å². The maximum atomic E-state index is 9.22. The number of H-pyrrole nitrogens is 1. The Kier molecular flexibility index (Phi) is 6.37. The number of pyridine rings is 1. The van der Waals surface area contributed by atoms with Gasteiger partial charge < -0.3 is 20.5 Å². The molecule has 0 saturated heterocycles. The van der Waals surface area contributed by atoms with Crippen LogP contribution in [0.2, 0.25) is 0 Å². The highest BCUT2D eigenvalue weighted by Gasteiger charge is 2.11. The third kappa shape index (κ3) is 4.77. The van der Waals surface area contributed by atoms with Gasteiger partial charge in [0, 0.05) is 53.5 Å². The number of anilines is 2. The van der Waals surface area contributed by atoms with E-state index >= 15 is 0 Å². The first-order valence-electron chi connectivity index (χ1n) is 11.0. The Morgan fingerprint density at radius 2 is 1.76 bits per heavy atom. The minimum Gasteiger partial charge on any atom is -0.395 e. The predicted octanol–water partition coefficient (Wildman–Crippen LogP) is 4.97. The molecule has 0 spiro atoms. The van der Waals surface area contributed by atoms with Crippen LogP contribution >= 0.6 is 11.3 Å². The number of benzene rings is 2. The van der Waals surface area contributed by atoms with Crippen LogP contribution < -0.4 is 5.32 Å². The van der Waals surface area contributed by atoms with Gasteiger partial charge in [0.05, 0.1) is 29.1 Å². The summed E-state index contributed by atoms with van der Waals surface area (Å²) in [6.45, 7) is 1.98. The molecular weight excluding hydrogens is 432 g/mol. The van der Waals surface area contributed by atoms with Crippen LogP contribution in [0.5, 0.6) is 0 Å². The average Bonchev–Trinajstić information content (AvgIpc) is 3.47. The van der Waals surface area contributed by atoms with Crippen molar-refractivity contribution in [1.82, 2.24) is 14.9 Å². The number of nitrogens with one attached hydrogen (secondary N) is 2. The van der Waals surface area contributed by atoms with Gasteiger partial charge in [-0.1, -0.05) is 24.3 Å². The van der Waals surface area contributed by atoms with Crippen molar-refractivity contribution in [3.05, 3.63) is 78.6 Å². The SMILES string of the molecule is OCCN(CCO)Cc1ccc(-c2cc3nccc(Nc4ccc5[nH]ccc5c4)c3s2)cc1. The monoisotopic (exact) mass is 458 g/mol. The highest BCUT2D eigenvalue weighted by atomic mass is 32.1. The molecule has 2 aromatic carbocycles. The second-order valence-corrected chi connectivity index (χ2v) is 9.06. The van der Waals surface area contributed by atoms with Crippen molar-refractivity contribution < 1.29 is 10.2 Å². The second-order valence-electron chi connectivity index (χ2n) is 8.01. The number of rotatable bonds is 9. The number of hydrogen-bond acceptors (Lipinski definition) is 6. The van der Waals surface area contributed by atoms with Crippen molar-refractivity contribution >= 4 is 43.8 Å². The van der Waals surface area contributed by atoms with Crippen LogP contribution in [0.15, 0.2) is 73.1 Å². The summed E-state index contributed by atoms with van der Waals surface area (Å²) in [4.78, 5) is 11.0. The molecule has 0 radical (unpaired) electrons. The summed E-state index contributed by atoms with van der Waals surface area (Å²) in [5, 5.41) is 23.2. The molecular formula is C26H26N4O2S. The first-order valence-corrected chi connectivity index (χ1v) is 11.8. The van der Waals surface area contributed by atoms with Crippen molar-refractivity contribution in [2.75, 3.05) is 31.6 Å². The molecule has 5 rings (SSSR count). The molecule has 0 fully saturated rings. The van der Waals surface area contributed by atoms with Gasteiger partial charge in [0.2, 0.25) is 0 Å². The molecule has 0 aliphatic heterocycles. The number of thiophene rings is 1. The number of aliphatic hydroxyl groups is 2. The summed E-state index contributed by atoms with van der Waals surface area (Å²) in [5.41, 5.74) is 6.50. The molecule has 168 valence electrons. The fraction of sp³-hybridized carbons (Fsp3) is 0.192. The predicted molar refractivity (Wildman–Crippen MR) is 136 cm³/mol. The van der Waals surface area contributed by atoms with Crippen LogP contribution in [-0.4, -0.2) is 51.4 Å². The summed E-state index contributed by atoms with van der Waals surface area (Å²) in [7, 11) is 0. The number of aliphatic hydroxyl groups excluding tert-OH is 2. The maximum Gasteiger partial charge on any atom is 0.0837 e. The Morgan fingerprint density at radius 3 is 2.55 bits per heavy atom. The molecule has 0 saturated carbocycles. The van der Waals surface area contributed by atoms with Gasteiger partial charge in [-0.2, -0.15) is 0 Å². The van der Waals surface area contributed by atoms with Gasteiger partial charge in [-0.05, 0) is 47.5 Å². The number of hydrogen-bond donors (Lipinski definition) is 4. The van der Waals surface area contributed by atoms with E-state index in [1.54, 1.807) is 11.3 Å². The van der Waals surface area contributed by atoms with E-state index in [0.29, 0.717) is 19.6 Å². The topological polar surface area (TPSA) is 84.4 Å².